The normalized spacial score (nSPS) is 12.6. The van der Waals surface area contributed by atoms with Gasteiger partial charge in [0.25, 0.3) is 0 Å². The number of esters is 2. The third-order valence-corrected chi connectivity index (χ3v) is 3.24. The molecule has 0 amide bonds. The van der Waals surface area contributed by atoms with Crippen molar-refractivity contribution in [3.8, 4) is 11.5 Å². The molecule has 1 rings (SSSR count). The lowest BCUT2D eigenvalue weighted by Crippen LogP contribution is -2.30. The Balaban J connectivity index is 3.23. The van der Waals surface area contributed by atoms with E-state index in [1.54, 1.807) is 18.2 Å². The summed E-state index contributed by atoms with van der Waals surface area (Å²) in [4.78, 5) is 22.1. The molecule has 0 aliphatic carbocycles. The van der Waals surface area contributed by atoms with Gasteiger partial charge in [0.2, 0.25) is 0 Å². The van der Waals surface area contributed by atoms with Gasteiger partial charge in [-0.15, -0.1) is 0 Å². The number of carbonyl (C=O) groups is 2. The molecule has 0 saturated heterocycles. The van der Waals surface area contributed by atoms with Gasteiger partial charge in [0.15, 0.2) is 11.5 Å². The Morgan fingerprint density at radius 2 is 1.48 bits per heavy atom. The predicted molar refractivity (Wildman–Crippen MR) is 90.7 cm³/mol. The number of ether oxygens (including phenoxy) is 2. The number of hydrogen-bond acceptors (Lipinski definition) is 4. The van der Waals surface area contributed by atoms with Crippen molar-refractivity contribution in [3.05, 3.63) is 48.1 Å². The van der Waals surface area contributed by atoms with Crippen LogP contribution < -0.4 is 9.47 Å². The first-order chi connectivity index (χ1) is 12.5. The number of carbonyl (C=O) groups excluding carboxylic acids is 2. The summed E-state index contributed by atoms with van der Waals surface area (Å²) in [7, 11) is 0. The lowest BCUT2D eigenvalue weighted by molar-refractivity contribution is -0.191. The fourth-order valence-electron chi connectivity index (χ4n) is 1.63. The average Bonchev–Trinajstić information content (AvgIpc) is 2.55. The molecular formula is C16H11F6IO4. The highest BCUT2D eigenvalue weighted by Crippen LogP contribution is 2.35. The summed E-state index contributed by atoms with van der Waals surface area (Å²) >= 11 is 2.07. The summed E-state index contributed by atoms with van der Waals surface area (Å²) in [6, 6.07) is 3.15. The van der Waals surface area contributed by atoms with E-state index in [4.69, 9.17) is 0 Å². The number of allylic oxidation sites excluding steroid dienone is 4. The Hall–Kier alpha value is -2.05. The molecule has 0 heterocycles. The molecule has 0 aromatic heterocycles. The molecule has 0 fully saturated rings. The Labute approximate surface area is 163 Å². The monoisotopic (exact) mass is 508 g/mol. The minimum atomic E-state index is -5.39. The lowest BCUT2D eigenvalue weighted by Gasteiger charge is -2.15. The second kappa shape index (κ2) is 9.76. The van der Waals surface area contributed by atoms with E-state index >= 15 is 0 Å². The zero-order chi connectivity index (χ0) is 20.7. The zero-order valence-corrected chi connectivity index (χ0v) is 15.4. The second-order valence-corrected chi connectivity index (χ2v) is 5.61. The summed E-state index contributed by atoms with van der Waals surface area (Å²) in [5.74, 6) is -7.19. The second-order valence-electron chi connectivity index (χ2n) is 4.73. The number of para-hydroxylation sites is 1. The van der Waals surface area contributed by atoms with Gasteiger partial charge >= 0.3 is 24.3 Å². The topological polar surface area (TPSA) is 52.6 Å². The molecule has 0 bridgehead atoms. The van der Waals surface area contributed by atoms with Gasteiger partial charge in [-0.3, -0.25) is 0 Å². The van der Waals surface area contributed by atoms with E-state index in [2.05, 4.69) is 32.1 Å². The maximum absolute atomic E-state index is 12.5. The molecule has 0 atom stereocenters. The van der Waals surface area contributed by atoms with Crippen LogP contribution in [0.1, 0.15) is 5.56 Å². The first-order valence-corrected chi connectivity index (χ1v) is 8.57. The van der Waals surface area contributed by atoms with Crippen molar-refractivity contribution in [3.63, 3.8) is 0 Å². The van der Waals surface area contributed by atoms with E-state index < -0.39 is 35.8 Å². The van der Waals surface area contributed by atoms with Crippen LogP contribution >= 0.6 is 22.6 Å². The number of alkyl halides is 7. The van der Waals surface area contributed by atoms with Gasteiger partial charge in [-0.25, -0.2) is 9.59 Å². The van der Waals surface area contributed by atoms with Crippen LogP contribution in [-0.4, -0.2) is 28.7 Å². The van der Waals surface area contributed by atoms with Crippen LogP contribution in [0.2, 0.25) is 0 Å². The van der Waals surface area contributed by atoms with Crippen molar-refractivity contribution in [2.75, 3.05) is 4.43 Å². The molecule has 0 unspecified atom stereocenters. The van der Waals surface area contributed by atoms with Crippen LogP contribution in [0.3, 0.4) is 0 Å². The number of rotatable bonds is 6. The van der Waals surface area contributed by atoms with E-state index in [0.717, 1.165) is 12.1 Å². The Bertz CT molecular complexity index is 737. The molecule has 148 valence electrons. The first kappa shape index (κ1) is 23.0. The van der Waals surface area contributed by atoms with Gasteiger partial charge < -0.3 is 9.47 Å². The van der Waals surface area contributed by atoms with Crippen molar-refractivity contribution in [1.29, 1.82) is 0 Å². The summed E-state index contributed by atoms with van der Waals surface area (Å²) in [6.45, 7) is 0. The number of halogens is 7. The summed E-state index contributed by atoms with van der Waals surface area (Å²) < 4.78 is 83.4. The zero-order valence-electron chi connectivity index (χ0n) is 13.2. The minimum Gasteiger partial charge on any atom is -0.416 e. The van der Waals surface area contributed by atoms with Crippen molar-refractivity contribution >= 4 is 34.5 Å². The molecule has 27 heavy (non-hydrogen) atoms. The van der Waals surface area contributed by atoms with Gasteiger partial charge in [0.1, 0.15) is 0 Å². The maximum atomic E-state index is 12.5. The Morgan fingerprint density at radius 1 is 0.926 bits per heavy atom. The van der Waals surface area contributed by atoms with Gasteiger partial charge in [-0.1, -0.05) is 59.0 Å². The standard InChI is InChI=1S/C16H11F6IO4/c17-15(18,19)13(24)26-11-8-5-7-10(6-3-1-2-4-9-23)12(11)27-14(25)16(20,21)22/h1-5,7-8H,6,9H2/b3-1+,4-2+. The van der Waals surface area contributed by atoms with Crippen molar-refractivity contribution in [2.45, 2.75) is 18.8 Å². The number of hydrogen-bond donors (Lipinski definition) is 0. The minimum absolute atomic E-state index is 0.0841. The van der Waals surface area contributed by atoms with Crippen LogP contribution in [0, 0.1) is 0 Å². The predicted octanol–water partition coefficient (Wildman–Crippen LogP) is 4.71. The van der Waals surface area contributed by atoms with Crippen LogP contribution in [0.25, 0.3) is 0 Å². The summed E-state index contributed by atoms with van der Waals surface area (Å²) in [6.07, 6.45) is -4.45. The smallest absolute Gasteiger partial charge is 0.416 e. The van der Waals surface area contributed by atoms with Crippen molar-refractivity contribution < 1.29 is 45.4 Å². The lowest BCUT2D eigenvalue weighted by atomic mass is 10.1. The van der Waals surface area contributed by atoms with Crippen molar-refractivity contribution in [2.24, 2.45) is 0 Å². The summed E-state index contributed by atoms with van der Waals surface area (Å²) in [5.41, 5.74) is -0.0841. The molecule has 0 aliphatic rings. The van der Waals surface area contributed by atoms with Gasteiger partial charge in [0.05, 0.1) is 0 Å². The van der Waals surface area contributed by atoms with Crippen LogP contribution in [0.4, 0.5) is 26.3 Å². The third-order valence-electron chi connectivity index (χ3n) is 2.73. The number of benzene rings is 1. The molecule has 1 aromatic carbocycles. The van der Waals surface area contributed by atoms with Gasteiger partial charge in [0, 0.05) is 9.99 Å². The van der Waals surface area contributed by atoms with Crippen LogP contribution in [-0.2, 0) is 16.0 Å². The molecule has 4 nitrogen and oxygen atoms in total. The van der Waals surface area contributed by atoms with E-state index in [0.29, 0.717) is 4.43 Å². The highest BCUT2D eigenvalue weighted by atomic mass is 127. The highest BCUT2D eigenvalue weighted by molar-refractivity contribution is 14.1. The van der Waals surface area contributed by atoms with E-state index in [1.807, 2.05) is 0 Å². The first-order valence-electron chi connectivity index (χ1n) is 7.04. The third kappa shape index (κ3) is 7.61. The van der Waals surface area contributed by atoms with Gasteiger partial charge in [-0.2, -0.15) is 26.3 Å². The molecular weight excluding hydrogens is 497 g/mol. The van der Waals surface area contributed by atoms with E-state index in [-0.39, 0.29) is 12.0 Å². The van der Waals surface area contributed by atoms with Crippen molar-refractivity contribution in [1.82, 2.24) is 0 Å². The van der Waals surface area contributed by atoms with Crippen LogP contribution in [0.5, 0.6) is 11.5 Å². The van der Waals surface area contributed by atoms with Gasteiger partial charge in [-0.05, 0) is 12.5 Å². The molecule has 11 heteroatoms. The average molecular weight is 508 g/mol. The fraction of sp³-hybridized carbons (Fsp3) is 0.250. The highest BCUT2D eigenvalue weighted by Gasteiger charge is 2.44. The summed E-state index contributed by atoms with van der Waals surface area (Å²) in [5, 5.41) is 0. The van der Waals surface area contributed by atoms with E-state index in [9.17, 15) is 35.9 Å². The Morgan fingerprint density at radius 3 is 2.04 bits per heavy atom. The van der Waals surface area contributed by atoms with Crippen LogP contribution in [0.15, 0.2) is 42.5 Å². The molecule has 0 N–H and O–H groups in total. The molecule has 0 radical (unpaired) electrons. The maximum Gasteiger partial charge on any atom is 0.491 e. The molecule has 0 aliphatic heterocycles. The van der Waals surface area contributed by atoms with E-state index in [1.165, 1.54) is 12.1 Å². The largest absolute Gasteiger partial charge is 0.491 e. The quantitative estimate of drug-likeness (QED) is 0.140. The fourth-order valence-corrected chi connectivity index (χ4v) is 1.92. The molecule has 1 aromatic rings. The Kier molecular flexibility index (Phi) is 8.31. The molecule has 0 saturated carbocycles. The SMILES string of the molecule is O=C(Oc1cccc(C/C=C/C=C/CI)c1OC(=O)C(F)(F)F)C(F)(F)F. The molecule has 0 spiro atoms.